The maximum atomic E-state index is 5.61. The van der Waals surface area contributed by atoms with Crippen LogP contribution in [0.4, 0.5) is 0 Å². The molecule has 98 valence electrons. The number of ether oxygens (including phenoxy) is 1. The molecule has 0 heterocycles. The fourth-order valence-electron chi connectivity index (χ4n) is 2.78. The molecule has 2 heteroatoms. The van der Waals surface area contributed by atoms with E-state index in [2.05, 4.69) is 29.6 Å². The quantitative estimate of drug-likeness (QED) is 0.831. The fourth-order valence-corrected chi connectivity index (χ4v) is 2.78. The first-order chi connectivity index (χ1) is 8.81. The lowest BCUT2D eigenvalue weighted by Gasteiger charge is -2.40. The predicted molar refractivity (Wildman–Crippen MR) is 73.7 cm³/mol. The first kappa shape index (κ1) is 12.2. The normalized spacial score (nSPS) is 21.6. The van der Waals surface area contributed by atoms with Crippen molar-refractivity contribution in [1.82, 2.24) is 5.32 Å². The molecule has 0 amide bonds. The van der Waals surface area contributed by atoms with Crippen LogP contribution in [-0.2, 0) is 11.3 Å². The molecule has 2 nitrogen and oxygen atoms in total. The fraction of sp³-hybridized carbons (Fsp3) is 0.625. The van der Waals surface area contributed by atoms with Crippen molar-refractivity contribution in [1.29, 1.82) is 0 Å². The van der Waals surface area contributed by atoms with Crippen molar-refractivity contribution >= 4 is 0 Å². The van der Waals surface area contributed by atoms with Crippen LogP contribution in [-0.4, -0.2) is 19.3 Å². The Morgan fingerprint density at radius 1 is 1.22 bits per heavy atom. The van der Waals surface area contributed by atoms with Crippen molar-refractivity contribution < 1.29 is 4.74 Å². The van der Waals surface area contributed by atoms with Gasteiger partial charge in [-0.15, -0.1) is 0 Å². The summed E-state index contributed by atoms with van der Waals surface area (Å²) in [6.45, 7) is 1.93. The summed E-state index contributed by atoms with van der Waals surface area (Å²) >= 11 is 0. The number of methoxy groups -OCH3 is 1. The van der Waals surface area contributed by atoms with E-state index in [0.717, 1.165) is 19.0 Å². The van der Waals surface area contributed by atoms with Crippen molar-refractivity contribution in [2.24, 2.45) is 0 Å². The molecule has 1 aromatic rings. The zero-order chi connectivity index (χ0) is 12.4. The minimum atomic E-state index is 0.133. The Balaban J connectivity index is 1.47. The molecular weight excluding hydrogens is 222 g/mol. The molecule has 2 aliphatic rings. The van der Waals surface area contributed by atoms with E-state index in [1.165, 1.54) is 43.2 Å². The van der Waals surface area contributed by atoms with Crippen LogP contribution in [0.15, 0.2) is 24.3 Å². The van der Waals surface area contributed by atoms with Gasteiger partial charge in [0.05, 0.1) is 5.60 Å². The van der Waals surface area contributed by atoms with Crippen molar-refractivity contribution in [3.63, 3.8) is 0 Å². The van der Waals surface area contributed by atoms with Crippen molar-refractivity contribution in [2.45, 2.75) is 50.2 Å². The average Bonchev–Trinajstić information content (AvgIpc) is 3.18. The first-order valence-electron chi connectivity index (χ1n) is 7.16. The van der Waals surface area contributed by atoms with Gasteiger partial charge in [0.1, 0.15) is 0 Å². The number of nitrogens with one attached hydrogen (secondary N) is 1. The van der Waals surface area contributed by atoms with Crippen LogP contribution in [0, 0.1) is 0 Å². The summed E-state index contributed by atoms with van der Waals surface area (Å²) in [7, 11) is 1.84. The molecule has 0 aliphatic heterocycles. The molecule has 0 unspecified atom stereocenters. The Kier molecular flexibility index (Phi) is 3.40. The Morgan fingerprint density at radius 3 is 2.44 bits per heavy atom. The zero-order valence-electron chi connectivity index (χ0n) is 11.2. The third-order valence-corrected chi connectivity index (χ3v) is 4.50. The van der Waals surface area contributed by atoms with Gasteiger partial charge in [0.25, 0.3) is 0 Å². The first-order valence-corrected chi connectivity index (χ1v) is 7.16. The van der Waals surface area contributed by atoms with Crippen LogP contribution in [0.25, 0.3) is 0 Å². The topological polar surface area (TPSA) is 21.3 Å². The van der Waals surface area contributed by atoms with Gasteiger partial charge >= 0.3 is 0 Å². The zero-order valence-corrected chi connectivity index (χ0v) is 11.2. The molecule has 0 radical (unpaired) electrons. The van der Waals surface area contributed by atoms with Crippen LogP contribution in [0.3, 0.4) is 0 Å². The van der Waals surface area contributed by atoms with Gasteiger partial charge in [0.2, 0.25) is 0 Å². The third-order valence-electron chi connectivity index (χ3n) is 4.50. The number of rotatable bonds is 6. The second-order valence-corrected chi connectivity index (χ2v) is 5.86. The monoisotopic (exact) mass is 245 g/mol. The minimum Gasteiger partial charge on any atom is -0.377 e. The molecular formula is C16H23NO. The molecule has 0 spiro atoms. The van der Waals surface area contributed by atoms with Gasteiger partial charge in [0, 0.05) is 20.2 Å². The van der Waals surface area contributed by atoms with Gasteiger partial charge in [-0.2, -0.15) is 0 Å². The highest BCUT2D eigenvalue weighted by molar-refractivity contribution is 5.27. The molecule has 2 fully saturated rings. The molecule has 1 aromatic carbocycles. The molecule has 0 bridgehead atoms. The molecule has 1 N–H and O–H groups in total. The summed E-state index contributed by atoms with van der Waals surface area (Å²) in [6, 6.07) is 9.12. The molecule has 18 heavy (non-hydrogen) atoms. The lowest BCUT2D eigenvalue weighted by Crippen LogP contribution is -2.47. The largest absolute Gasteiger partial charge is 0.377 e. The molecule has 0 atom stereocenters. The van der Waals surface area contributed by atoms with Gasteiger partial charge in [-0.1, -0.05) is 24.3 Å². The van der Waals surface area contributed by atoms with Crippen LogP contribution >= 0.6 is 0 Å². The highest BCUT2D eigenvalue weighted by Gasteiger charge is 2.36. The molecule has 0 saturated heterocycles. The maximum Gasteiger partial charge on any atom is 0.0802 e. The van der Waals surface area contributed by atoms with Crippen LogP contribution < -0.4 is 5.32 Å². The number of hydrogen-bond donors (Lipinski definition) is 1. The van der Waals surface area contributed by atoms with Crippen molar-refractivity contribution in [3.8, 4) is 0 Å². The van der Waals surface area contributed by atoms with Crippen molar-refractivity contribution in [3.05, 3.63) is 35.4 Å². The van der Waals surface area contributed by atoms with E-state index in [9.17, 15) is 0 Å². The highest BCUT2D eigenvalue weighted by atomic mass is 16.5. The Morgan fingerprint density at radius 2 is 1.94 bits per heavy atom. The molecule has 2 saturated carbocycles. The predicted octanol–water partition coefficient (Wildman–Crippen LogP) is 3.22. The summed E-state index contributed by atoms with van der Waals surface area (Å²) in [5.74, 6) is 0.860. The summed E-state index contributed by atoms with van der Waals surface area (Å²) in [4.78, 5) is 0. The Bertz CT molecular complexity index is 385. The van der Waals surface area contributed by atoms with E-state index in [-0.39, 0.29) is 5.60 Å². The molecule has 2 aliphatic carbocycles. The van der Waals surface area contributed by atoms with E-state index in [4.69, 9.17) is 4.74 Å². The lowest BCUT2D eigenvalue weighted by atomic mass is 9.80. The summed E-state index contributed by atoms with van der Waals surface area (Å²) in [5, 5.41) is 3.53. The van der Waals surface area contributed by atoms with E-state index in [1.54, 1.807) is 0 Å². The number of hydrogen-bond acceptors (Lipinski definition) is 2. The van der Waals surface area contributed by atoms with E-state index >= 15 is 0 Å². The standard InChI is InChI=1S/C16H23NO/c1-18-16(9-2-10-16)12-17-11-13-3-5-14(6-4-13)15-7-8-15/h3-6,15,17H,2,7-12H2,1H3. The van der Waals surface area contributed by atoms with E-state index in [1.807, 2.05) is 7.11 Å². The SMILES string of the molecule is COC1(CNCc2ccc(C3CC3)cc2)CCC1. The van der Waals surface area contributed by atoms with E-state index in [0.29, 0.717) is 0 Å². The number of benzene rings is 1. The van der Waals surface area contributed by atoms with Crippen molar-refractivity contribution in [2.75, 3.05) is 13.7 Å². The van der Waals surface area contributed by atoms with Gasteiger partial charge in [-0.3, -0.25) is 0 Å². The second kappa shape index (κ2) is 5.02. The average molecular weight is 245 g/mol. The van der Waals surface area contributed by atoms with Crippen LogP contribution in [0.1, 0.15) is 49.1 Å². The lowest BCUT2D eigenvalue weighted by molar-refractivity contribution is -0.0695. The molecule has 3 rings (SSSR count). The summed E-state index contributed by atoms with van der Waals surface area (Å²) in [5.41, 5.74) is 3.03. The smallest absolute Gasteiger partial charge is 0.0802 e. The minimum absolute atomic E-state index is 0.133. The highest BCUT2D eigenvalue weighted by Crippen LogP contribution is 2.39. The van der Waals surface area contributed by atoms with Gasteiger partial charge in [-0.05, 0) is 49.1 Å². The third kappa shape index (κ3) is 2.60. The summed E-state index contributed by atoms with van der Waals surface area (Å²) < 4.78 is 5.61. The Labute approximate surface area is 110 Å². The molecule has 0 aromatic heterocycles. The van der Waals surface area contributed by atoms with E-state index < -0.39 is 0 Å². The maximum absolute atomic E-state index is 5.61. The van der Waals surface area contributed by atoms with Crippen LogP contribution in [0.2, 0.25) is 0 Å². The second-order valence-electron chi connectivity index (χ2n) is 5.86. The van der Waals surface area contributed by atoms with Crippen LogP contribution in [0.5, 0.6) is 0 Å². The van der Waals surface area contributed by atoms with Gasteiger partial charge in [0.15, 0.2) is 0 Å². The summed E-state index contributed by atoms with van der Waals surface area (Å²) in [6.07, 6.45) is 6.49. The Hall–Kier alpha value is -0.860. The van der Waals surface area contributed by atoms with Gasteiger partial charge in [-0.25, -0.2) is 0 Å². The van der Waals surface area contributed by atoms with Gasteiger partial charge < -0.3 is 10.1 Å².